The number of halogens is 3. The van der Waals surface area contributed by atoms with Crippen molar-refractivity contribution in [3.8, 4) is 0 Å². The Morgan fingerprint density at radius 1 is 1.24 bits per heavy atom. The molecule has 0 aliphatic heterocycles. The van der Waals surface area contributed by atoms with E-state index in [-0.39, 0.29) is 11.8 Å². The first-order valence-electron chi connectivity index (χ1n) is 6.17. The quantitative estimate of drug-likeness (QED) is 0.908. The largest absolute Gasteiger partial charge is 0.433 e. The van der Waals surface area contributed by atoms with Crippen LogP contribution in [-0.2, 0) is 12.7 Å². The van der Waals surface area contributed by atoms with Gasteiger partial charge in [0.2, 0.25) is 5.95 Å². The van der Waals surface area contributed by atoms with Gasteiger partial charge in [-0.1, -0.05) is 0 Å². The molecule has 0 aliphatic carbocycles. The van der Waals surface area contributed by atoms with Crippen LogP contribution in [0.4, 0.5) is 24.9 Å². The van der Waals surface area contributed by atoms with Crippen LogP contribution in [0.3, 0.4) is 0 Å². The molecule has 0 fully saturated rings. The first-order chi connectivity index (χ1) is 9.90. The summed E-state index contributed by atoms with van der Waals surface area (Å²) in [6, 6.07) is 2.69. The summed E-state index contributed by atoms with van der Waals surface area (Å²) >= 11 is 0. The molecule has 112 valence electrons. The van der Waals surface area contributed by atoms with Gasteiger partial charge in [0.05, 0.1) is 0 Å². The molecule has 0 amide bonds. The summed E-state index contributed by atoms with van der Waals surface area (Å²) in [5, 5.41) is 5.39. The average Bonchev–Trinajstić information content (AvgIpc) is 2.45. The minimum Gasteiger partial charge on any atom is -0.366 e. The molecule has 0 saturated carbocycles. The normalized spacial score (nSPS) is 11.3. The molecule has 2 N–H and O–H groups in total. The number of hydrogen-bond donors (Lipinski definition) is 2. The molecule has 0 bridgehead atoms. The third-order valence-electron chi connectivity index (χ3n) is 2.84. The predicted molar refractivity (Wildman–Crippen MR) is 72.9 cm³/mol. The fourth-order valence-corrected chi connectivity index (χ4v) is 1.68. The Morgan fingerprint density at radius 3 is 2.62 bits per heavy atom. The van der Waals surface area contributed by atoms with Crippen molar-refractivity contribution in [2.45, 2.75) is 19.6 Å². The lowest BCUT2D eigenvalue weighted by Gasteiger charge is -2.12. The third-order valence-corrected chi connectivity index (χ3v) is 2.84. The molecule has 0 saturated heterocycles. The number of anilines is 2. The highest BCUT2D eigenvalue weighted by Crippen LogP contribution is 2.29. The van der Waals surface area contributed by atoms with E-state index in [1.54, 1.807) is 18.5 Å². The number of nitrogens with zero attached hydrogens (tertiary/aromatic N) is 3. The van der Waals surface area contributed by atoms with Gasteiger partial charge in [0, 0.05) is 32.1 Å². The van der Waals surface area contributed by atoms with Gasteiger partial charge in [-0.25, -0.2) is 4.98 Å². The van der Waals surface area contributed by atoms with Crippen LogP contribution in [0.15, 0.2) is 24.5 Å². The van der Waals surface area contributed by atoms with Crippen molar-refractivity contribution in [1.82, 2.24) is 15.0 Å². The maximum atomic E-state index is 12.8. The second-order valence-corrected chi connectivity index (χ2v) is 4.37. The molecule has 0 spiro atoms. The number of alkyl halides is 3. The van der Waals surface area contributed by atoms with E-state index in [0.29, 0.717) is 6.54 Å². The summed E-state index contributed by atoms with van der Waals surface area (Å²) in [5.74, 6) is 0.0247. The average molecular weight is 297 g/mol. The Balaban J connectivity index is 2.22. The Bertz CT molecular complexity index is 627. The summed E-state index contributed by atoms with van der Waals surface area (Å²) in [6.45, 7) is 2.23. The molecule has 0 aromatic carbocycles. The summed E-state index contributed by atoms with van der Waals surface area (Å²) in [4.78, 5) is 11.3. The second-order valence-electron chi connectivity index (χ2n) is 4.37. The van der Waals surface area contributed by atoms with E-state index in [9.17, 15) is 13.2 Å². The minimum atomic E-state index is -4.52. The van der Waals surface area contributed by atoms with Crippen LogP contribution in [-0.4, -0.2) is 22.0 Å². The van der Waals surface area contributed by atoms with Crippen molar-refractivity contribution in [3.05, 3.63) is 41.3 Å². The number of hydrogen-bond acceptors (Lipinski definition) is 5. The Labute approximate surface area is 119 Å². The summed E-state index contributed by atoms with van der Waals surface area (Å²) in [7, 11) is 1.46. The number of aryl methyl sites for hydroxylation is 1. The summed E-state index contributed by atoms with van der Waals surface area (Å²) < 4.78 is 38.3. The molecule has 0 atom stereocenters. The smallest absolute Gasteiger partial charge is 0.366 e. The molecule has 21 heavy (non-hydrogen) atoms. The zero-order valence-corrected chi connectivity index (χ0v) is 11.5. The van der Waals surface area contributed by atoms with Crippen molar-refractivity contribution in [2.75, 3.05) is 17.7 Å². The van der Waals surface area contributed by atoms with E-state index in [1.807, 2.05) is 6.92 Å². The summed E-state index contributed by atoms with van der Waals surface area (Å²) in [5.41, 5.74) is 0.892. The van der Waals surface area contributed by atoms with Crippen LogP contribution in [0.1, 0.15) is 16.8 Å². The Morgan fingerprint density at radius 2 is 2.00 bits per heavy atom. The first-order valence-corrected chi connectivity index (χ1v) is 6.17. The Hall–Kier alpha value is -2.38. The third kappa shape index (κ3) is 3.80. The molecule has 2 heterocycles. The Kier molecular flexibility index (Phi) is 4.25. The minimum absolute atomic E-state index is 0.0845. The van der Waals surface area contributed by atoms with Gasteiger partial charge in [-0.05, 0) is 24.1 Å². The lowest BCUT2D eigenvalue weighted by atomic mass is 10.1. The molecule has 5 nitrogen and oxygen atoms in total. The van der Waals surface area contributed by atoms with E-state index in [2.05, 4.69) is 25.6 Å². The standard InChI is InChI=1S/C13H14F3N5/c1-8-6-18-4-3-9(8)7-19-11-5-10(13(14,15)16)20-12(17-2)21-11/h3-6H,7H2,1-2H3,(H2,17,19,20,21). The van der Waals surface area contributed by atoms with E-state index >= 15 is 0 Å². The highest BCUT2D eigenvalue weighted by molar-refractivity contribution is 5.43. The topological polar surface area (TPSA) is 62.7 Å². The van der Waals surface area contributed by atoms with E-state index in [1.165, 1.54) is 7.05 Å². The van der Waals surface area contributed by atoms with Gasteiger partial charge < -0.3 is 10.6 Å². The van der Waals surface area contributed by atoms with Crippen molar-refractivity contribution in [3.63, 3.8) is 0 Å². The molecular formula is C13H14F3N5. The number of rotatable bonds is 4. The number of nitrogens with one attached hydrogen (secondary N) is 2. The molecular weight excluding hydrogens is 283 g/mol. The van der Waals surface area contributed by atoms with Gasteiger partial charge in [0.1, 0.15) is 5.82 Å². The SMILES string of the molecule is CNc1nc(NCc2ccncc2C)cc(C(F)(F)F)n1. The van der Waals surface area contributed by atoms with Crippen LogP contribution < -0.4 is 10.6 Å². The predicted octanol–water partition coefficient (Wildman–Crippen LogP) is 2.85. The molecule has 0 aliphatic rings. The van der Waals surface area contributed by atoms with Crippen LogP contribution in [0.2, 0.25) is 0 Å². The fourth-order valence-electron chi connectivity index (χ4n) is 1.68. The number of aromatic nitrogens is 3. The first kappa shape index (κ1) is 15.0. The lowest BCUT2D eigenvalue weighted by molar-refractivity contribution is -0.141. The number of pyridine rings is 1. The monoisotopic (exact) mass is 297 g/mol. The zero-order valence-electron chi connectivity index (χ0n) is 11.5. The molecule has 2 aromatic rings. The van der Waals surface area contributed by atoms with Gasteiger partial charge in [-0.15, -0.1) is 0 Å². The second kappa shape index (κ2) is 5.94. The molecule has 0 unspecified atom stereocenters. The van der Waals surface area contributed by atoms with Crippen LogP contribution in [0, 0.1) is 6.92 Å². The van der Waals surface area contributed by atoms with Gasteiger partial charge in [-0.3, -0.25) is 4.98 Å². The molecule has 8 heteroatoms. The lowest BCUT2D eigenvalue weighted by Crippen LogP contribution is -2.13. The van der Waals surface area contributed by atoms with Crippen molar-refractivity contribution in [1.29, 1.82) is 0 Å². The van der Waals surface area contributed by atoms with E-state index in [4.69, 9.17) is 0 Å². The van der Waals surface area contributed by atoms with Crippen LogP contribution in [0.25, 0.3) is 0 Å². The highest BCUT2D eigenvalue weighted by atomic mass is 19.4. The van der Waals surface area contributed by atoms with Gasteiger partial charge in [-0.2, -0.15) is 18.2 Å². The van der Waals surface area contributed by atoms with Gasteiger partial charge in [0.15, 0.2) is 5.69 Å². The molecule has 2 aromatic heterocycles. The summed E-state index contributed by atoms with van der Waals surface area (Å²) in [6.07, 6.45) is -1.20. The maximum Gasteiger partial charge on any atom is 0.433 e. The van der Waals surface area contributed by atoms with Crippen molar-refractivity contribution in [2.24, 2.45) is 0 Å². The maximum absolute atomic E-state index is 12.8. The molecule has 2 rings (SSSR count). The highest BCUT2D eigenvalue weighted by Gasteiger charge is 2.33. The molecule has 0 radical (unpaired) electrons. The zero-order chi connectivity index (χ0) is 15.5. The van der Waals surface area contributed by atoms with Gasteiger partial charge >= 0.3 is 6.18 Å². The van der Waals surface area contributed by atoms with Crippen LogP contribution in [0.5, 0.6) is 0 Å². The van der Waals surface area contributed by atoms with Crippen molar-refractivity contribution < 1.29 is 13.2 Å². The van der Waals surface area contributed by atoms with Gasteiger partial charge in [0.25, 0.3) is 0 Å². The van der Waals surface area contributed by atoms with E-state index < -0.39 is 11.9 Å². The van der Waals surface area contributed by atoms with Crippen LogP contribution >= 0.6 is 0 Å². The van der Waals surface area contributed by atoms with E-state index in [0.717, 1.165) is 17.2 Å². The fraction of sp³-hybridized carbons (Fsp3) is 0.308. The van der Waals surface area contributed by atoms with Crippen molar-refractivity contribution >= 4 is 11.8 Å².